The number of nitrogens with two attached hydrogens (primary N) is 1. The van der Waals surface area contributed by atoms with Crippen LogP contribution < -0.4 is 5.73 Å². The number of ether oxygens (including phenoxy) is 1. The van der Waals surface area contributed by atoms with Gasteiger partial charge in [0.1, 0.15) is 11.9 Å². The molecule has 30 heavy (non-hydrogen) atoms. The molecule has 1 aliphatic heterocycles. The smallest absolute Gasteiger partial charge is 0.254 e. The van der Waals surface area contributed by atoms with E-state index in [4.69, 9.17) is 15.7 Å². The zero-order chi connectivity index (χ0) is 21.3. The summed E-state index contributed by atoms with van der Waals surface area (Å²) in [6.45, 7) is 5.44. The first-order chi connectivity index (χ1) is 14.5. The average molecular weight is 401 g/mol. The number of nitrogen functional groups attached to an aromatic ring is 1. The van der Waals surface area contributed by atoms with Crippen LogP contribution in [0.1, 0.15) is 59.1 Å². The minimum atomic E-state index is -0.102. The maximum Gasteiger partial charge on any atom is 0.254 e. The zero-order valence-corrected chi connectivity index (χ0v) is 17.1. The van der Waals surface area contributed by atoms with Gasteiger partial charge in [0, 0.05) is 29.3 Å². The van der Waals surface area contributed by atoms with E-state index in [1.807, 2.05) is 26.0 Å². The molecule has 0 saturated heterocycles. The Morgan fingerprint density at radius 2 is 2.20 bits per heavy atom. The fraction of sp³-hybridized carbons (Fsp3) is 0.304. The maximum absolute atomic E-state index is 13.3. The van der Waals surface area contributed by atoms with Gasteiger partial charge in [0.2, 0.25) is 0 Å². The first kappa shape index (κ1) is 19.8. The fourth-order valence-electron chi connectivity index (χ4n) is 3.88. The average Bonchev–Trinajstić information content (AvgIpc) is 3.16. The number of fused-ring (bicyclic) bond motifs is 3. The summed E-state index contributed by atoms with van der Waals surface area (Å²) in [6, 6.07) is 11.1. The molecular weight excluding hydrogens is 378 g/mol. The molecule has 1 aromatic carbocycles. The molecule has 0 unspecified atom stereocenters. The highest BCUT2D eigenvalue weighted by atomic mass is 16.5. The molecule has 0 aliphatic carbocycles. The van der Waals surface area contributed by atoms with Gasteiger partial charge in [0.25, 0.3) is 5.91 Å². The third kappa shape index (κ3) is 3.58. The molecule has 7 nitrogen and oxygen atoms in total. The second-order valence-corrected chi connectivity index (χ2v) is 7.45. The normalized spacial score (nSPS) is 15.0. The number of pyridine rings is 2. The summed E-state index contributed by atoms with van der Waals surface area (Å²) in [6.07, 6.45) is 2.25. The molecule has 152 valence electrons. The summed E-state index contributed by atoms with van der Waals surface area (Å²) < 4.78 is 5.75. The van der Waals surface area contributed by atoms with Gasteiger partial charge in [-0.05, 0) is 49.2 Å². The van der Waals surface area contributed by atoms with E-state index < -0.39 is 0 Å². The van der Waals surface area contributed by atoms with Crippen LogP contribution in [0.5, 0.6) is 0 Å². The Balaban J connectivity index is 1.67. The van der Waals surface area contributed by atoms with Crippen LogP contribution in [0.3, 0.4) is 0 Å². The van der Waals surface area contributed by atoms with Crippen molar-refractivity contribution >= 4 is 22.6 Å². The Morgan fingerprint density at radius 1 is 1.37 bits per heavy atom. The molecule has 4 rings (SSSR count). The van der Waals surface area contributed by atoms with Crippen LogP contribution in [0.2, 0.25) is 0 Å². The lowest BCUT2D eigenvalue weighted by Gasteiger charge is -2.22. The molecule has 0 saturated carbocycles. The molecule has 1 atom stereocenters. The van der Waals surface area contributed by atoms with Crippen molar-refractivity contribution in [3.63, 3.8) is 0 Å². The van der Waals surface area contributed by atoms with E-state index in [9.17, 15) is 4.79 Å². The van der Waals surface area contributed by atoms with Gasteiger partial charge in [-0.3, -0.25) is 9.78 Å². The largest absolute Gasteiger partial charge is 0.383 e. The highest BCUT2D eigenvalue weighted by Crippen LogP contribution is 2.38. The van der Waals surface area contributed by atoms with E-state index in [0.29, 0.717) is 36.6 Å². The Labute approximate surface area is 175 Å². The molecular formula is C23H23N5O2. The monoisotopic (exact) mass is 401 g/mol. The molecule has 0 radical (unpaired) electrons. The second kappa shape index (κ2) is 8.09. The van der Waals surface area contributed by atoms with E-state index in [-0.39, 0.29) is 12.0 Å². The van der Waals surface area contributed by atoms with E-state index >= 15 is 0 Å². The number of anilines is 1. The number of carbonyl (C=O) groups is 1. The van der Waals surface area contributed by atoms with Gasteiger partial charge in [-0.15, -0.1) is 0 Å². The first-order valence-electron chi connectivity index (χ1n) is 9.99. The van der Waals surface area contributed by atoms with Gasteiger partial charge in [0.05, 0.1) is 36.0 Å². The lowest BCUT2D eigenvalue weighted by Crippen LogP contribution is -2.31. The molecule has 3 heterocycles. The van der Waals surface area contributed by atoms with Crippen LogP contribution in [0.15, 0.2) is 36.5 Å². The molecule has 1 amide bonds. The topological polar surface area (TPSA) is 105 Å². The molecule has 7 heteroatoms. The quantitative estimate of drug-likeness (QED) is 0.698. The predicted molar refractivity (Wildman–Crippen MR) is 113 cm³/mol. The van der Waals surface area contributed by atoms with Gasteiger partial charge >= 0.3 is 0 Å². The number of benzene rings is 1. The van der Waals surface area contributed by atoms with Crippen molar-refractivity contribution in [1.29, 1.82) is 5.26 Å². The van der Waals surface area contributed by atoms with Crippen LogP contribution in [0.25, 0.3) is 10.9 Å². The molecule has 0 fully saturated rings. The Bertz CT molecular complexity index is 1150. The predicted octanol–water partition coefficient (Wildman–Crippen LogP) is 3.73. The number of rotatable bonds is 5. The van der Waals surface area contributed by atoms with E-state index in [0.717, 1.165) is 34.1 Å². The Hall–Kier alpha value is -3.50. The third-order valence-corrected chi connectivity index (χ3v) is 5.38. The fourth-order valence-corrected chi connectivity index (χ4v) is 3.88. The SMILES string of the molecule is CCCN(Cc1ccc(C#N)cn1)C(=O)c1ccc2nc(N)c3c(c2c1)CO[C@@H]3C. The summed E-state index contributed by atoms with van der Waals surface area (Å²) >= 11 is 0. The standard InChI is InChI=1S/C23H23N5O2/c1-3-8-28(12-17-6-4-15(10-24)11-26-17)23(29)16-5-7-20-18(9-16)19-13-30-14(2)21(19)22(25)27-20/h4-7,9,11,14H,3,8,12-13H2,1-2H3,(H2,25,27)/t14-/m1/s1. The van der Waals surface area contributed by atoms with Crippen molar-refractivity contribution in [3.05, 3.63) is 64.5 Å². The highest BCUT2D eigenvalue weighted by Gasteiger charge is 2.26. The van der Waals surface area contributed by atoms with Crippen LogP contribution in [0.4, 0.5) is 5.82 Å². The Morgan fingerprint density at radius 3 is 2.90 bits per heavy atom. The molecule has 2 aromatic heterocycles. The van der Waals surface area contributed by atoms with Crippen molar-refractivity contribution in [3.8, 4) is 6.07 Å². The third-order valence-electron chi connectivity index (χ3n) is 5.38. The molecule has 3 aromatic rings. The lowest BCUT2D eigenvalue weighted by atomic mass is 10.00. The van der Waals surface area contributed by atoms with Crippen molar-refractivity contribution in [2.45, 2.75) is 39.5 Å². The van der Waals surface area contributed by atoms with Gasteiger partial charge < -0.3 is 15.4 Å². The maximum atomic E-state index is 13.3. The first-order valence-corrected chi connectivity index (χ1v) is 9.99. The van der Waals surface area contributed by atoms with Crippen LogP contribution in [-0.4, -0.2) is 27.3 Å². The second-order valence-electron chi connectivity index (χ2n) is 7.45. The van der Waals surface area contributed by atoms with Crippen LogP contribution in [-0.2, 0) is 17.9 Å². The van der Waals surface area contributed by atoms with Crippen LogP contribution in [0, 0.1) is 11.3 Å². The van der Waals surface area contributed by atoms with Crippen molar-refractivity contribution < 1.29 is 9.53 Å². The van der Waals surface area contributed by atoms with Gasteiger partial charge in [0.15, 0.2) is 0 Å². The number of nitriles is 1. The number of carbonyl (C=O) groups excluding carboxylic acids is 1. The summed E-state index contributed by atoms with van der Waals surface area (Å²) in [5, 5.41) is 9.85. The Kier molecular flexibility index (Phi) is 5.34. The van der Waals surface area contributed by atoms with Crippen LogP contribution >= 0.6 is 0 Å². The van der Waals surface area contributed by atoms with E-state index in [1.54, 1.807) is 23.1 Å². The summed E-state index contributed by atoms with van der Waals surface area (Å²) in [7, 11) is 0. The number of hydrogen-bond acceptors (Lipinski definition) is 6. The number of amides is 1. The summed E-state index contributed by atoms with van der Waals surface area (Å²) in [5.41, 5.74) is 10.7. The number of hydrogen-bond donors (Lipinski definition) is 1. The van der Waals surface area contributed by atoms with E-state index in [2.05, 4.69) is 16.0 Å². The molecule has 2 N–H and O–H groups in total. The molecule has 0 spiro atoms. The van der Waals surface area contributed by atoms with Crippen molar-refractivity contribution in [2.75, 3.05) is 12.3 Å². The van der Waals surface area contributed by atoms with Gasteiger partial charge in [-0.1, -0.05) is 6.92 Å². The number of aromatic nitrogens is 2. The minimum absolute atomic E-state index is 0.0672. The summed E-state index contributed by atoms with van der Waals surface area (Å²) in [4.78, 5) is 23.9. The summed E-state index contributed by atoms with van der Waals surface area (Å²) in [5.74, 6) is 0.420. The molecule has 1 aliphatic rings. The lowest BCUT2D eigenvalue weighted by molar-refractivity contribution is 0.0741. The van der Waals surface area contributed by atoms with E-state index in [1.165, 1.54) is 6.20 Å². The minimum Gasteiger partial charge on any atom is -0.383 e. The highest BCUT2D eigenvalue weighted by molar-refractivity contribution is 5.99. The van der Waals surface area contributed by atoms with Crippen molar-refractivity contribution in [1.82, 2.24) is 14.9 Å². The van der Waals surface area contributed by atoms with Crippen molar-refractivity contribution in [2.24, 2.45) is 0 Å². The van der Waals surface area contributed by atoms with Gasteiger partial charge in [-0.2, -0.15) is 5.26 Å². The number of nitrogens with zero attached hydrogens (tertiary/aromatic N) is 4. The van der Waals surface area contributed by atoms with Gasteiger partial charge in [-0.25, -0.2) is 4.98 Å². The zero-order valence-electron chi connectivity index (χ0n) is 17.1. The molecule has 0 bridgehead atoms.